The molecule has 1 N–H and O–H groups in total. The topological polar surface area (TPSA) is 12.0 Å². The van der Waals surface area contributed by atoms with E-state index in [4.69, 9.17) is 0 Å². The van der Waals surface area contributed by atoms with Crippen molar-refractivity contribution in [2.45, 2.75) is 25.7 Å². The van der Waals surface area contributed by atoms with Crippen molar-refractivity contribution in [3.63, 3.8) is 0 Å². The van der Waals surface area contributed by atoms with Crippen molar-refractivity contribution in [3.8, 4) is 0 Å². The maximum absolute atomic E-state index is 3.49. The van der Waals surface area contributed by atoms with Crippen molar-refractivity contribution in [2.24, 2.45) is 5.92 Å². The number of nitrogens with one attached hydrogen (secondary N) is 1. The van der Waals surface area contributed by atoms with Crippen molar-refractivity contribution in [1.82, 2.24) is 5.32 Å². The summed E-state index contributed by atoms with van der Waals surface area (Å²) in [4.78, 5) is 0. The van der Waals surface area contributed by atoms with Gasteiger partial charge in [0.2, 0.25) is 0 Å². The third kappa shape index (κ3) is 1.98. The second-order valence-electron chi connectivity index (χ2n) is 4.18. The highest BCUT2D eigenvalue weighted by Gasteiger charge is 2.24. The molecule has 1 fully saturated rings. The summed E-state index contributed by atoms with van der Waals surface area (Å²) < 4.78 is 0. The van der Waals surface area contributed by atoms with Gasteiger partial charge in [0.15, 0.2) is 0 Å². The SMILES string of the molecule is CC[C@@H]1CNCC[C@@H]1c1ccccc1. The van der Waals surface area contributed by atoms with Gasteiger partial charge in [-0.05, 0) is 36.9 Å². The van der Waals surface area contributed by atoms with Gasteiger partial charge in [0, 0.05) is 0 Å². The highest BCUT2D eigenvalue weighted by atomic mass is 14.9. The number of benzene rings is 1. The molecular weight excluding hydrogens is 170 g/mol. The molecule has 1 aliphatic rings. The van der Waals surface area contributed by atoms with Gasteiger partial charge in [0.25, 0.3) is 0 Å². The van der Waals surface area contributed by atoms with Crippen LogP contribution < -0.4 is 5.32 Å². The fourth-order valence-corrected chi connectivity index (χ4v) is 2.49. The molecule has 0 radical (unpaired) electrons. The first-order valence-corrected chi connectivity index (χ1v) is 5.67. The molecule has 1 heterocycles. The molecule has 1 saturated heterocycles. The lowest BCUT2D eigenvalue weighted by molar-refractivity contribution is 0.318. The third-order valence-corrected chi connectivity index (χ3v) is 3.36. The highest BCUT2D eigenvalue weighted by molar-refractivity contribution is 5.21. The van der Waals surface area contributed by atoms with Crippen molar-refractivity contribution in [2.75, 3.05) is 13.1 Å². The molecule has 0 saturated carbocycles. The van der Waals surface area contributed by atoms with E-state index in [9.17, 15) is 0 Å². The van der Waals surface area contributed by atoms with Gasteiger partial charge >= 0.3 is 0 Å². The van der Waals surface area contributed by atoms with Crippen molar-refractivity contribution < 1.29 is 0 Å². The Kier molecular flexibility index (Phi) is 3.20. The largest absolute Gasteiger partial charge is 0.316 e. The number of rotatable bonds is 2. The lowest BCUT2D eigenvalue weighted by atomic mass is 9.80. The molecule has 1 aromatic carbocycles. The summed E-state index contributed by atoms with van der Waals surface area (Å²) in [5.74, 6) is 1.61. The van der Waals surface area contributed by atoms with E-state index in [2.05, 4.69) is 42.6 Å². The summed E-state index contributed by atoms with van der Waals surface area (Å²) in [6.45, 7) is 4.67. The van der Waals surface area contributed by atoms with Gasteiger partial charge in [-0.3, -0.25) is 0 Å². The van der Waals surface area contributed by atoms with Crippen molar-refractivity contribution >= 4 is 0 Å². The van der Waals surface area contributed by atoms with E-state index in [0.29, 0.717) is 0 Å². The van der Waals surface area contributed by atoms with Crippen LogP contribution in [0.15, 0.2) is 30.3 Å². The van der Waals surface area contributed by atoms with Gasteiger partial charge < -0.3 is 5.32 Å². The molecular formula is C13H19N. The van der Waals surface area contributed by atoms with Crippen LogP contribution in [0.5, 0.6) is 0 Å². The minimum Gasteiger partial charge on any atom is -0.316 e. The third-order valence-electron chi connectivity index (χ3n) is 3.36. The maximum atomic E-state index is 3.49. The number of hydrogen-bond acceptors (Lipinski definition) is 1. The molecule has 1 heteroatoms. The summed E-state index contributed by atoms with van der Waals surface area (Å²) in [5, 5.41) is 3.49. The molecule has 0 aliphatic carbocycles. The van der Waals surface area contributed by atoms with Crippen molar-refractivity contribution in [1.29, 1.82) is 0 Å². The molecule has 0 amide bonds. The second kappa shape index (κ2) is 4.61. The molecule has 2 rings (SSSR count). The molecule has 76 valence electrons. The number of piperidine rings is 1. The van der Waals surface area contributed by atoms with E-state index in [0.717, 1.165) is 11.8 Å². The molecule has 0 bridgehead atoms. The van der Waals surface area contributed by atoms with Crippen molar-refractivity contribution in [3.05, 3.63) is 35.9 Å². The summed E-state index contributed by atoms with van der Waals surface area (Å²) in [7, 11) is 0. The van der Waals surface area contributed by atoms with Gasteiger partial charge in [-0.1, -0.05) is 43.7 Å². The molecule has 2 atom stereocenters. The molecule has 0 unspecified atom stereocenters. The van der Waals surface area contributed by atoms with Gasteiger partial charge in [-0.25, -0.2) is 0 Å². The minimum absolute atomic E-state index is 0.780. The predicted molar refractivity (Wildman–Crippen MR) is 60.5 cm³/mol. The fourth-order valence-electron chi connectivity index (χ4n) is 2.49. The van der Waals surface area contributed by atoms with Crippen LogP contribution >= 0.6 is 0 Å². The zero-order chi connectivity index (χ0) is 9.80. The Labute approximate surface area is 86.5 Å². The van der Waals surface area contributed by atoms with E-state index in [-0.39, 0.29) is 0 Å². The Balaban J connectivity index is 2.15. The van der Waals surface area contributed by atoms with Crippen LogP contribution in [0.3, 0.4) is 0 Å². The minimum atomic E-state index is 0.780. The first-order valence-electron chi connectivity index (χ1n) is 5.67. The average Bonchev–Trinajstić information content (AvgIpc) is 2.30. The van der Waals surface area contributed by atoms with Crippen LogP contribution in [0.1, 0.15) is 31.2 Å². The lowest BCUT2D eigenvalue weighted by Crippen LogP contribution is -2.35. The fraction of sp³-hybridized carbons (Fsp3) is 0.538. The van der Waals surface area contributed by atoms with E-state index in [1.54, 1.807) is 0 Å². The highest BCUT2D eigenvalue weighted by Crippen LogP contribution is 2.31. The summed E-state index contributed by atoms with van der Waals surface area (Å²) in [5.41, 5.74) is 1.53. The quantitative estimate of drug-likeness (QED) is 0.754. The van der Waals surface area contributed by atoms with Crippen LogP contribution in [0.4, 0.5) is 0 Å². The Bertz CT molecular complexity index is 268. The van der Waals surface area contributed by atoms with Gasteiger partial charge in [-0.15, -0.1) is 0 Å². The molecule has 0 spiro atoms. The zero-order valence-electron chi connectivity index (χ0n) is 8.87. The normalized spacial score (nSPS) is 27.5. The van der Waals surface area contributed by atoms with Crippen LogP contribution in [0.25, 0.3) is 0 Å². The smallest absolute Gasteiger partial charge is 0.00148 e. The van der Waals surface area contributed by atoms with Crippen LogP contribution in [-0.4, -0.2) is 13.1 Å². The predicted octanol–water partition coefficient (Wildman–Crippen LogP) is 2.79. The first-order chi connectivity index (χ1) is 6.92. The van der Waals surface area contributed by atoms with Gasteiger partial charge in [0.05, 0.1) is 0 Å². The number of hydrogen-bond donors (Lipinski definition) is 1. The second-order valence-corrected chi connectivity index (χ2v) is 4.18. The molecule has 1 aliphatic heterocycles. The zero-order valence-corrected chi connectivity index (χ0v) is 8.87. The Morgan fingerprint density at radius 2 is 2.07 bits per heavy atom. The van der Waals surface area contributed by atoms with Crippen LogP contribution in [0.2, 0.25) is 0 Å². The molecule has 0 aromatic heterocycles. The maximum Gasteiger partial charge on any atom is -0.00148 e. The molecule has 1 nitrogen and oxygen atoms in total. The van der Waals surface area contributed by atoms with Gasteiger partial charge in [-0.2, -0.15) is 0 Å². The average molecular weight is 189 g/mol. The Hall–Kier alpha value is -0.820. The van der Waals surface area contributed by atoms with E-state index in [1.807, 2.05) is 0 Å². The van der Waals surface area contributed by atoms with E-state index < -0.39 is 0 Å². The lowest BCUT2D eigenvalue weighted by Gasteiger charge is -2.31. The van der Waals surface area contributed by atoms with Crippen LogP contribution in [0, 0.1) is 5.92 Å². The standard InChI is InChI=1S/C13H19N/c1-2-11-10-14-9-8-13(11)12-6-4-3-5-7-12/h3-7,11,13-14H,2,8-10H2,1H3/t11-,13+/m1/s1. The van der Waals surface area contributed by atoms with Gasteiger partial charge in [0.1, 0.15) is 0 Å². The van der Waals surface area contributed by atoms with E-state index in [1.165, 1.54) is 31.5 Å². The van der Waals surface area contributed by atoms with Crippen LogP contribution in [-0.2, 0) is 0 Å². The first kappa shape index (κ1) is 9.72. The summed E-state index contributed by atoms with van der Waals surface area (Å²) in [6, 6.07) is 11.0. The summed E-state index contributed by atoms with van der Waals surface area (Å²) >= 11 is 0. The Morgan fingerprint density at radius 3 is 2.79 bits per heavy atom. The summed E-state index contributed by atoms with van der Waals surface area (Å²) in [6.07, 6.45) is 2.58. The molecule has 14 heavy (non-hydrogen) atoms. The molecule has 1 aromatic rings. The monoisotopic (exact) mass is 189 g/mol. The Morgan fingerprint density at radius 1 is 1.29 bits per heavy atom. The van der Waals surface area contributed by atoms with E-state index >= 15 is 0 Å².